The van der Waals surface area contributed by atoms with E-state index < -0.39 is 11.9 Å². The second-order valence-electron chi connectivity index (χ2n) is 6.09. The molecule has 1 saturated heterocycles. The standard InChI is InChI=1S/C20H18BrN3O5/c1-24-19(26)15(23-20(24)27)9-12-8-14(21)18(16(10-12)28-2)29-11-17(25)22-13-6-4-3-5-7-13/h3-10H,11H2,1-2H3,(H,22,25)(H,23,27)/b15-9+. The number of benzene rings is 2. The van der Waals surface area contributed by atoms with E-state index in [-0.39, 0.29) is 18.2 Å². The van der Waals surface area contributed by atoms with Crippen LogP contribution in [0.3, 0.4) is 0 Å². The molecular formula is C20H18BrN3O5. The number of nitrogens with zero attached hydrogens (tertiary/aromatic N) is 1. The van der Waals surface area contributed by atoms with Crippen molar-refractivity contribution in [1.82, 2.24) is 10.2 Å². The van der Waals surface area contributed by atoms with Crippen molar-refractivity contribution >= 4 is 45.5 Å². The van der Waals surface area contributed by atoms with Crippen molar-refractivity contribution < 1.29 is 23.9 Å². The van der Waals surface area contributed by atoms with Gasteiger partial charge < -0.3 is 20.1 Å². The average molecular weight is 460 g/mol. The molecule has 150 valence electrons. The molecule has 1 fully saturated rings. The Morgan fingerprint density at radius 1 is 1.24 bits per heavy atom. The number of imide groups is 1. The number of methoxy groups -OCH3 is 1. The fourth-order valence-electron chi connectivity index (χ4n) is 2.61. The van der Waals surface area contributed by atoms with Gasteiger partial charge in [0.1, 0.15) is 5.70 Å². The number of halogens is 1. The first-order valence-corrected chi connectivity index (χ1v) is 9.34. The highest BCUT2D eigenvalue weighted by Gasteiger charge is 2.30. The Bertz CT molecular complexity index is 991. The Morgan fingerprint density at radius 2 is 1.97 bits per heavy atom. The summed E-state index contributed by atoms with van der Waals surface area (Å²) in [6.07, 6.45) is 1.53. The van der Waals surface area contributed by atoms with E-state index in [4.69, 9.17) is 9.47 Å². The van der Waals surface area contributed by atoms with Crippen LogP contribution in [0.2, 0.25) is 0 Å². The summed E-state index contributed by atoms with van der Waals surface area (Å²) in [6.45, 7) is -0.219. The molecule has 8 nitrogen and oxygen atoms in total. The summed E-state index contributed by atoms with van der Waals surface area (Å²) < 4.78 is 11.5. The Kier molecular flexibility index (Phi) is 6.18. The molecule has 1 aliphatic heterocycles. The zero-order valence-corrected chi connectivity index (χ0v) is 17.3. The van der Waals surface area contributed by atoms with Gasteiger partial charge in [-0.05, 0) is 51.8 Å². The Morgan fingerprint density at radius 3 is 2.59 bits per heavy atom. The number of amides is 4. The van der Waals surface area contributed by atoms with Gasteiger partial charge >= 0.3 is 6.03 Å². The van der Waals surface area contributed by atoms with Crippen molar-refractivity contribution in [2.24, 2.45) is 0 Å². The molecule has 2 N–H and O–H groups in total. The molecule has 0 spiro atoms. The SMILES string of the molecule is COc1cc(/C=C2/NC(=O)N(C)C2=O)cc(Br)c1OCC(=O)Nc1ccccc1. The van der Waals surface area contributed by atoms with Crippen LogP contribution in [0.5, 0.6) is 11.5 Å². The minimum Gasteiger partial charge on any atom is -0.493 e. The highest BCUT2D eigenvalue weighted by molar-refractivity contribution is 9.10. The zero-order chi connectivity index (χ0) is 21.0. The molecule has 0 unspecified atom stereocenters. The van der Waals surface area contributed by atoms with E-state index in [1.807, 2.05) is 18.2 Å². The maximum atomic E-state index is 12.1. The number of nitrogens with one attached hydrogen (secondary N) is 2. The Hall–Kier alpha value is -3.33. The van der Waals surface area contributed by atoms with Crippen molar-refractivity contribution in [3.05, 3.63) is 58.2 Å². The van der Waals surface area contributed by atoms with E-state index in [2.05, 4.69) is 26.6 Å². The van der Waals surface area contributed by atoms with Crippen LogP contribution in [0, 0.1) is 0 Å². The maximum Gasteiger partial charge on any atom is 0.328 e. The second kappa shape index (κ2) is 8.78. The number of para-hydroxylation sites is 1. The summed E-state index contributed by atoms with van der Waals surface area (Å²) >= 11 is 3.40. The summed E-state index contributed by atoms with van der Waals surface area (Å²) in [4.78, 5) is 36.7. The number of anilines is 1. The number of hydrogen-bond acceptors (Lipinski definition) is 5. The van der Waals surface area contributed by atoms with Gasteiger partial charge in [0.2, 0.25) is 0 Å². The minimum absolute atomic E-state index is 0.155. The van der Waals surface area contributed by atoms with Crippen molar-refractivity contribution in [1.29, 1.82) is 0 Å². The predicted molar refractivity (Wildman–Crippen MR) is 111 cm³/mol. The van der Waals surface area contributed by atoms with E-state index >= 15 is 0 Å². The first-order valence-electron chi connectivity index (χ1n) is 8.55. The van der Waals surface area contributed by atoms with E-state index in [0.29, 0.717) is 27.2 Å². The largest absolute Gasteiger partial charge is 0.493 e. The topological polar surface area (TPSA) is 97.0 Å². The molecular weight excluding hydrogens is 442 g/mol. The highest BCUT2D eigenvalue weighted by atomic mass is 79.9. The third kappa shape index (κ3) is 4.75. The van der Waals surface area contributed by atoms with E-state index in [0.717, 1.165) is 4.90 Å². The highest BCUT2D eigenvalue weighted by Crippen LogP contribution is 2.37. The third-order valence-corrected chi connectivity index (χ3v) is 4.64. The first-order chi connectivity index (χ1) is 13.9. The van der Waals surface area contributed by atoms with Crippen LogP contribution in [0.25, 0.3) is 6.08 Å². The number of urea groups is 1. The monoisotopic (exact) mass is 459 g/mol. The number of ether oxygens (including phenoxy) is 2. The van der Waals surface area contributed by atoms with E-state index in [9.17, 15) is 14.4 Å². The smallest absolute Gasteiger partial charge is 0.328 e. The molecule has 1 aliphatic rings. The minimum atomic E-state index is -0.489. The molecule has 0 aromatic heterocycles. The molecule has 29 heavy (non-hydrogen) atoms. The van der Waals surface area contributed by atoms with Gasteiger partial charge in [-0.1, -0.05) is 18.2 Å². The van der Waals surface area contributed by atoms with Crippen LogP contribution < -0.4 is 20.1 Å². The summed E-state index contributed by atoms with van der Waals surface area (Å²) in [5, 5.41) is 5.22. The zero-order valence-electron chi connectivity index (χ0n) is 15.7. The Balaban J connectivity index is 1.74. The summed E-state index contributed by atoms with van der Waals surface area (Å²) in [6, 6.07) is 11.9. The van der Waals surface area contributed by atoms with Gasteiger partial charge in [0.05, 0.1) is 11.6 Å². The van der Waals surface area contributed by atoms with Gasteiger partial charge in [-0.15, -0.1) is 0 Å². The third-order valence-electron chi connectivity index (χ3n) is 4.05. The van der Waals surface area contributed by atoms with Crippen LogP contribution in [0.4, 0.5) is 10.5 Å². The molecule has 0 radical (unpaired) electrons. The lowest BCUT2D eigenvalue weighted by Crippen LogP contribution is -2.25. The number of rotatable bonds is 6. The van der Waals surface area contributed by atoms with Crippen molar-refractivity contribution in [3.63, 3.8) is 0 Å². The van der Waals surface area contributed by atoms with Gasteiger partial charge in [0.15, 0.2) is 18.1 Å². The molecule has 0 aliphatic carbocycles. The molecule has 2 aromatic carbocycles. The molecule has 2 aromatic rings. The second-order valence-corrected chi connectivity index (χ2v) is 6.94. The maximum absolute atomic E-state index is 12.1. The molecule has 0 bridgehead atoms. The fraction of sp³-hybridized carbons (Fsp3) is 0.150. The molecule has 1 heterocycles. The quantitative estimate of drug-likeness (QED) is 0.511. The average Bonchev–Trinajstić information content (AvgIpc) is 2.94. The number of carbonyl (C=O) groups is 3. The van der Waals surface area contributed by atoms with Crippen LogP contribution in [-0.4, -0.2) is 43.5 Å². The van der Waals surface area contributed by atoms with Gasteiger partial charge in [0.25, 0.3) is 11.8 Å². The predicted octanol–water partition coefficient (Wildman–Crippen LogP) is 3.00. The van der Waals surface area contributed by atoms with Crippen molar-refractivity contribution in [3.8, 4) is 11.5 Å². The summed E-state index contributed by atoms with van der Waals surface area (Å²) in [5.74, 6) is -0.0396. The van der Waals surface area contributed by atoms with Gasteiger partial charge in [-0.25, -0.2) is 4.79 Å². The van der Waals surface area contributed by atoms with Crippen LogP contribution in [0.1, 0.15) is 5.56 Å². The normalized spacial score (nSPS) is 14.7. The number of carbonyl (C=O) groups excluding carboxylic acids is 3. The molecule has 0 atom stereocenters. The lowest BCUT2D eigenvalue weighted by Gasteiger charge is -2.14. The van der Waals surface area contributed by atoms with Gasteiger partial charge in [-0.2, -0.15) is 0 Å². The lowest BCUT2D eigenvalue weighted by molar-refractivity contribution is -0.122. The molecule has 4 amide bonds. The molecule has 3 rings (SSSR count). The molecule has 9 heteroatoms. The summed E-state index contributed by atoms with van der Waals surface area (Å²) in [7, 11) is 2.86. The first kappa shape index (κ1) is 20.4. The van der Waals surface area contributed by atoms with Crippen molar-refractivity contribution in [2.75, 3.05) is 26.1 Å². The van der Waals surface area contributed by atoms with Crippen molar-refractivity contribution in [2.45, 2.75) is 0 Å². The van der Waals surface area contributed by atoms with Gasteiger partial charge in [0, 0.05) is 12.7 Å². The van der Waals surface area contributed by atoms with Gasteiger partial charge in [-0.3, -0.25) is 14.5 Å². The number of hydrogen-bond donors (Lipinski definition) is 2. The fourth-order valence-corrected chi connectivity index (χ4v) is 3.18. The lowest BCUT2D eigenvalue weighted by atomic mass is 10.1. The van der Waals surface area contributed by atoms with Crippen LogP contribution in [-0.2, 0) is 9.59 Å². The Labute approximate surface area is 175 Å². The molecule has 0 saturated carbocycles. The summed E-state index contributed by atoms with van der Waals surface area (Å²) in [5.41, 5.74) is 1.43. The van der Waals surface area contributed by atoms with Crippen LogP contribution >= 0.6 is 15.9 Å². The van der Waals surface area contributed by atoms with Crippen LogP contribution in [0.15, 0.2) is 52.6 Å². The number of likely N-dealkylation sites (N-methyl/N-ethyl adjacent to an activating group) is 1. The van der Waals surface area contributed by atoms with E-state index in [1.54, 1.807) is 24.3 Å². The van der Waals surface area contributed by atoms with E-state index in [1.165, 1.54) is 20.2 Å².